The van der Waals surface area contributed by atoms with Crippen LogP contribution in [0.1, 0.15) is 42.1 Å². The van der Waals surface area contributed by atoms with Crippen LogP contribution in [0.2, 0.25) is 0 Å². The smallest absolute Gasteiger partial charge is 0.268 e. The second-order valence-electron chi connectivity index (χ2n) is 5.98. The third kappa shape index (κ3) is 3.32. The molecule has 124 valence electrons. The van der Waals surface area contributed by atoms with Gasteiger partial charge in [0.15, 0.2) is 0 Å². The topological polar surface area (TPSA) is 61.1 Å². The highest BCUT2D eigenvalue weighted by Gasteiger charge is 2.30. The summed E-state index contributed by atoms with van der Waals surface area (Å²) in [5.74, 6) is 1.22. The van der Waals surface area contributed by atoms with Gasteiger partial charge in [-0.2, -0.15) is 0 Å². The number of amides is 1. The Morgan fingerprint density at radius 1 is 1.43 bits per heavy atom. The second kappa shape index (κ2) is 7.00. The minimum absolute atomic E-state index is 0.0559. The summed E-state index contributed by atoms with van der Waals surface area (Å²) in [6, 6.07) is 3.63. The molecular weight excluding hydrogens is 292 g/mol. The number of carbonyl (C=O) groups is 1. The quantitative estimate of drug-likeness (QED) is 0.919. The maximum absolute atomic E-state index is 12.7. The van der Waals surface area contributed by atoms with E-state index >= 15 is 0 Å². The normalized spacial score (nSPS) is 17.1. The Labute approximate surface area is 136 Å². The molecule has 2 aromatic heterocycles. The molecule has 3 heterocycles. The Hall–Kier alpha value is -2.08. The van der Waals surface area contributed by atoms with Gasteiger partial charge >= 0.3 is 0 Å². The average molecular weight is 316 g/mol. The summed E-state index contributed by atoms with van der Waals surface area (Å²) in [4.78, 5) is 17.2. The van der Waals surface area contributed by atoms with E-state index in [1.54, 1.807) is 6.20 Å². The number of rotatable bonds is 5. The van der Waals surface area contributed by atoms with Crippen LogP contribution in [-0.2, 0) is 18.3 Å². The SMILES string of the molecule is CCn1ccnc1C(NC(=O)c1cccn1C)C1CCOCC1. The predicted molar refractivity (Wildman–Crippen MR) is 87.1 cm³/mol. The molecule has 1 N–H and O–H groups in total. The van der Waals surface area contributed by atoms with Crippen molar-refractivity contribution in [1.82, 2.24) is 19.4 Å². The third-order valence-corrected chi connectivity index (χ3v) is 4.57. The van der Waals surface area contributed by atoms with Crippen LogP contribution in [0, 0.1) is 5.92 Å². The molecule has 1 atom stereocenters. The molecule has 0 aromatic carbocycles. The fraction of sp³-hybridized carbons (Fsp3) is 0.529. The highest BCUT2D eigenvalue weighted by Crippen LogP contribution is 2.29. The number of nitrogens with zero attached hydrogens (tertiary/aromatic N) is 3. The van der Waals surface area contributed by atoms with Gasteiger partial charge in [0.2, 0.25) is 0 Å². The Morgan fingerprint density at radius 3 is 2.87 bits per heavy atom. The maximum atomic E-state index is 12.7. The Balaban J connectivity index is 1.86. The number of hydrogen-bond acceptors (Lipinski definition) is 3. The summed E-state index contributed by atoms with van der Waals surface area (Å²) in [5.41, 5.74) is 0.664. The first kappa shape index (κ1) is 15.8. The van der Waals surface area contributed by atoms with Crippen LogP contribution in [-0.4, -0.2) is 33.2 Å². The van der Waals surface area contributed by atoms with Gasteiger partial charge in [-0.1, -0.05) is 0 Å². The van der Waals surface area contributed by atoms with E-state index in [4.69, 9.17) is 4.74 Å². The van der Waals surface area contributed by atoms with Crippen molar-refractivity contribution < 1.29 is 9.53 Å². The number of aryl methyl sites for hydroxylation is 2. The fourth-order valence-corrected chi connectivity index (χ4v) is 3.22. The van der Waals surface area contributed by atoms with E-state index in [-0.39, 0.29) is 11.9 Å². The molecular formula is C17H24N4O2. The first-order chi connectivity index (χ1) is 11.2. The van der Waals surface area contributed by atoms with Crippen molar-refractivity contribution in [2.45, 2.75) is 32.4 Å². The summed E-state index contributed by atoms with van der Waals surface area (Å²) in [6.45, 7) is 4.42. The molecule has 2 aromatic rings. The predicted octanol–water partition coefficient (Wildman–Crippen LogP) is 2.14. The molecule has 0 aliphatic carbocycles. The van der Waals surface area contributed by atoms with E-state index in [0.717, 1.165) is 38.4 Å². The summed E-state index contributed by atoms with van der Waals surface area (Å²) in [5, 5.41) is 3.21. The van der Waals surface area contributed by atoms with Gasteiger partial charge in [0.05, 0.1) is 6.04 Å². The van der Waals surface area contributed by atoms with Crippen molar-refractivity contribution in [3.8, 4) is 0 Å². The van der Waals surface area contributed by atoms with Gasteiger partial charge in [0.1, 0.15) is 11.5 Å². The average Bonchev–Trinajstić information content (AvgIpc) is 3.21. The minimum atomic E-state index is -0.0868. The van der Waals surface area contributed by atoms with Gasteiger partial charge in [-0.05, 0) is 37.8 Å². The number of imidazole rings is 1. The molecule has 0 bridgehead atoms. The van der Waals surface area contributed by atoms with Crippen molar-refractivity contribution in [2.24, 2.45) is 13.0 Å². The molecule has 1 saturated heterocycles. The highest BCUT2D eigenvalue weighted by atomic mass is 16.5. The summed E-state index contributed by atoms with van der Waals surface area (Å²) in [7, 11) is 1.88. The fourth-order valence-electron chi connectivity index (χ4n) is 3.22. The molecule has 1 unspecified atom stereocenters. The van der Waals surface area contributed by atoms with Crippen LogP contribution in [0.25, 0.3) is 0 Å². The van der Waals surface area contributed by atoms with Crippen LogP contribution in [0.15, 0.2) is 30.7 Å². The molecule has 1 aliphatic rings. The monoisotopic (exact) mass is 316 g/mol. The molecule has 23 heavy (non-hydrogen) atoms. The van der Waals surface area contributed by atoms with Crippen LogP contribution >= 0.6 is 0 Å². The van der Waals surface area contributed by atoms with Crippen LogP contribution < -0.4 is 5.32 Å². The van der Waals surface area contributed by atoms with E-state index in [0.29, 0.717) is 11.6 Å². The molecule has 0 saturated carbocycles. The molecule has 6 nitrogen and oxygen atoms in total. The van der Waals surface area contributed by atoms with Gasteiger partial charge in [-0.25, -0.2) is 4.98 Å². The summed E-state index contributed by atoms with van der Waals surface area (Å²) < 4.78 is 9.41. The van der Waals surface area contributed by atoms with E-state index in [1.807, 2.05) is 36.1 Å². The Bertz CT molecular complexity index is 655. The molecule has 3 rings (SSSR count). The first-order valence-electron chi connectivity index (χ1n) is 8.21. The maximum Gasteiger partial charge on any atom is 0.268 e. The van der Waals surface area contributed by atoms with Gasteiger partial charge in [0, 0.05) is 45.4 Å². The zero-order chi connectivity index (χ0) is 16.2. The van der Waals surface area contributed by atoms with Crippen molar-refractivity contribution in [2.75, 3.05) is 13.2 Å². The minimum Gasteiger partial charge on any atom is -0.381 e. The second-order valence-corrected chi connectivity index (χ2v) is 5.98. The summed E-state index contributed by atoms with van der Waals surface area (Å²) >= 11 is 0. The van der Waals surface area contributed by atoms with Crippen LogP contribution in [0.4, 0.5) is 0 Å². The lowest BCUT2D eigenvalue weighted by Gasteiger charge is -2.31. The van der Waals surface area contributed by atoms with Crippen molar-refractivity contribution in [1.29, 1.82) is 0 Å². The largest absolute Gasteiger partial charge is 0.381 e. The zero-order valence-electron chi connectivity index (χ0n) is 13.7. The van der Waals surface area contributed by atoms with Gasteiger partial charge in [-0.15, -0.1) is 0 Å². The van der Waals surface area contributed by atoms with Crippen molar-refractivity contribution in [3.63, 3.8) is 0 Å². The number of carbonyl (C=O) groups excluding carboxylic acids is 1. The lowest BCUT2D eigenvalue weighted by molar-refractivity contribution is 0.0497. The molecule has 6 heteroatoms. The molecule has 0 radical (unpaired) electrons. The van der Waals surface area contributed by atoms with Crippen molar-refractivity contribution >= 4 is 5.91 Å². The lowest BCUT2D eigenvalue weighted by atomic mass is 9.91. The van der Waals surface area contributed by atoms with E-state index < -0.39 is 0 Å². The van der Waals surface area contributed by atoms with Gasteiger partial charge in [0.25, 0.3) is 5.91 Å². The number of aromatic nitrogens is 3. The molecule has 1 amide bonds. The number of nitrogens with one attached hydrogen (secondary N) is 1. The Kier molecular flexibility index (Phi) is 4.81. The van der Waals surface area contributed by atoms with Gasteiger partial charge < -0.3 is 19.2 Å². The number of hydrogen-bond donors (Lipinski definition) is 1. The third-order valence-electron chi connectivity index (χ3n) is 4.57. The summed E-state index contributed by atoms with van der Waals surface area (Å²) in [6.07, 6.45) is 7.53. The van der Waals surface area contributed by atoms with Crippen LogP contribution in [0.3, 0.4) is 0 Å². The molecule has 1 fully saturated rings. The number of ether oxygens (including phenoxy) is 1. The van der Waals surface area contributed by atoms with E-state index in [2.05, 4.69) is 21.8 Å². The lowest BCUT2D eigenvalue weighted by Crippen LogP contribution is -2.38. The van der Waals surface area contributed by atoms with E-state index in [9.17, 15) is 4.79 Å². The van der Waals surface area contributed by atoms with Crippen LogP contribution in [0.5, 0.6) is 0 Å². The first-order valence-corrected chi connectivity index (χ1v) is 8.21. The van der Waals surface area contributed by atoms with E-state index in [1.165, 1.54) is 0 Å². The zero-order valence-corrected chi connectivity index (χ0v) is 13.7. The highest BCUT2D eigenvalue weighted by molar-refractivity contribution is 5.92. The molecule has 1 aliphatic heterocycles. The van der Waals surface area contributed by atoms with Gasteiger partial charge in [-0.3, -0.25) is 4.79 Å². The van der Waals surface area contributed by atoms with Crippen molar-refractivity contribution in [3.05, 3.63) is 42.2 Å². The standard InChI is InChI=1S/C17H24N4O2/c1-3-21-10-8-18-16(21)15(13-6-11-23-12-7-13)19-17(22)14-5-4-9-20(14)2/h4-5,8-10,13,15H,3,6-7,11-12H2,1-2H3,(H,19,22). The Morgan fingerprint density at radius 2 is 2.22 bits per heavy atom. The molecule has 0 spiro atoms.